The number of aryl methyl sites for hydroxylation is 1. The van der Waals surface area contributed by atoms with Crippen molar-refractivity contribution in [3.05, 3.63) is 29.8 Å². The number of esters is 1. The number of ether oxygens (including phenoxy) is 1. The van der Waals surface area contributed by atoms with E-state index in [1.807, 2.05) is 0 Å². The number of rotatable bonds is 4. The van der Waals surface area contributed by atoms with Gasteiger partial charge < -0.3 is 4.74 Å². The van der Waals surface area contributed by atoms with Crippen LogP contribution in [-0.4, -0.2) is 26.2 Å². The first-order chi connectivity index (χ1) is 7.81. The number of hydrogen-bond donors (Lipinski definition) is 0. The summed E-state index contributed by atoms with van der Waals surface area (Å²) in [6.45, 7) is 5.15. The maximum atomic E-state index is 11.9. The molecule has 0 saturated heterocycles. The second-order valence-electron chi connectivity index (χ2n) is 4.11. The molecule has 0 unspecified atom stereocenters. The quantitative estimate of drug-likeness (QED) is 0.770. The van der Waals surface area contributed by atoms with Gasteiger partial charge in [-0.15, -0.1) is 0 Å². The van der Waals surface area contributed by atoms with E-state index in [4.69, 9.17) is 4.74 Å². The Morgan fingerprint density at radius 2 is 2.00 bits per heavy atom. The Hall–Kier alpha value is -1.36. The van der Waals surface area contributed by atoms with Crippen molar-refractivity contribution in [2.75, 3.05) is 5.75 Å². The molecular weight excluding hydrogens is 240 g/mol. The largest absolute Gasteiger partial charge is 0.462 e. The fraction of sp³-hybridized carbons (Fsp3) is 0.417. The van der Waals surface area contributed by atoms with Gasteiger partial charge in [-0.25, -0.2) is 8.42 Å². The molecule has 94 valence electrons. The molecule has 0 fully saturated rings. The molecule has 1 rings (SSSR count). The van der Waals surface area contributed by atoms with Gasteiger partial charge in [0.2, 0.25) is 0 Å². The lowest BCUT2D eigenvalue weighted by molar-refractivity contribution is -0.144. The minimum absolute atomic E-state index is 0.151. The highest BCUT2D eigenvalue weighted by atomic mass is 32.2. The number of carbonyl (C=O) groups is 1. The van der Waals surface area contributed by atoms with Gasteiger partial charge in [0.1, 0.15) is 0 Å². The number of hydrogen-bond acceptors (Lipinski definition) is 4. The lowest BCUT2D eigenvalue weighted by atomic mass is 10.2. The normalized spacial score (nSPS) is 11.5. The zero-order valence-electron chi connectivity index (χ0n) is 10.1. The van der Waals surface area contributed by atoms with E-state index in [0.717, 1.165) is 5.56 Å². The molecule has 0 N–H and O–H groups in total. The van der Waals surface area contributed by atoms with Crippen LogP contribution in [0.4, 0.5) is 0 Å². The van der Waals surface area contributed by atoms with Gasteiger partial charge in [0.05, 0.1) is 11.0 Å². The molecule has 0 aliphatic heterocycles. The third-order valence-corrected chi connectivity index (χ3v) is 3.61. The molecule has 0 aromatic heterocycles. The Kier molecular flexibility index (Phi) is 4.28. The second-order valence-corrected chi connectivity index (χ2v) is 6.10. The fourth-order valence-electron chi connectivity index (χ4n) is 1.34. The van der Waals surface area contributed by atoms with Gasteiger partial charge in [-0.05, 0) is 38.5 Å². The van der Waals surface area contributed by atoms with Crippen LogP contribution in [0.2, 0.25) is 0 Å². The minimum atomic E-state index is -3.60. The summed E-state index contributed by atoms with van der Waals surface area (Å²) in [5.74, 6) is -1.34. The topological polar surface area (TPSA) is 60.4 Å². The highest BCUT2D eigenvalue weighted by Gasteiger charge is 2.20. The number of sulfone groups is 1. The lowest BCUT2D eigenvalue weighted by Crippen LogP contribution is -2.21. The summed E-state index contributed by atoms with van der Waals surface area (Å²) in [4.78, 5) is 11.5. The summed E-state index contributed by atoms with van der Waals surface area (Å²) in [5.41, 5.74) is 0.836. The molecule has 0 heterocycles. The molecule has 0 aliphatic rings. The number of carbonyl (C=O) groups excluding carboxylic acids is 1. The van der Waals surface area contributed by atoms with Crippen LogP contribution in [-0.2, 0) is 19.4 Å². The molecule has 4 nitrogen and oxygen atoms in total. The van der Waals surface area contributed by atoms with Crippen molar-refractivity contribution in [2.24, 2.45) is 0 Å². The first kappa shape index (κ1) is 13.7. The van der Waals surface area contributed by atoms with Gasteiger partial charge in [-0.1, -0.05) is 12.1 Å². The molecule has 17 heavy (non-hydrogen) atoms. The number of benzene rings is 1. The van der Waals surface area contributed by atoms with Crippen LogP contribution in [0, 0.1) is 6.92 Å². The SMILES string of the molecule is Cc1cccc(S(=O)(=O)CC(=O)OC(C)C)c1. The molecule has 0 bridgehead atoms. The van der Waals surface area contributed by atoms with E-state index in [0.29, 0.717) is 0 Å². The standard InChI is InChI=1S/C12H16O4S/c1-9(2)16-12(13)8-17(14,15)11-6-4-5-10(3)7-11/h4-7,9H,8H2,1-3H3. The smallest absolute Gasteiger partial charge is 0.321 e. The molecule has 0 spiro atoms. The average molecular weight is 256 g/mol. The molecule has 0 aliphatic carbocycles. The summed E-state index contributed by atoms with van der Waals surface area (Å²) in [7, 11) is -3.60. The van der Waals surface area contributed by atoms with Crippen LogP contribution in [0.15, 0.2) is 29.2 Å². The maximum absolute atomic E-state index is 11.9. The van der Waals surface area contributed by atoms with Crippen molar-refractivity contribution < 1.29 is 17.9 Å². The Morgan fingerprint density at radius 1 is 1.35 bits per heavy atom. The van der Waals surface area contributed by atoms with Crippen LogP contribution in [0.5, 0.6) is 0 Å². The lowest BCUT2D eigenvalue weighted by Gasteiger charge is -2.08. The fourth-order valence-corrected chi connectivity index (χ4v) is 2.54. The predicted molar refractivity (Wildman–Crippen MR) is 64.5 cm³/mol. The highest BCUT2D eigenvalue weighted by molar-refractivity contribution is 7.92. The van der Waals surface area contributed by atoms with Crippen molar-refractivity contribution >= 4 is 15.8 Å². The van der Waals surface area contributed by atoms with E-state index in [-0.39, 0.29) is 11.0 Å². The van der Waals surface area contributed by atoms with Gasteiger partial charge in [-0.2, -0.15) is 0 Å². The molecule has 0 saturated carbocycles. The van der Waals surface area contributed by atoms with Crippen LogP contribution in [0.1, 0.15) is 19.4 Å². The minimum Gasteiger partial charge on any atom is -0.462 e. The van der Waals surface area contributed by atoms with E-state index in [1.54, 1.807) is 32.9 Å². The summed E-state index contributed by atoms with van der Waals surface area (Å²) in [6.07, 6.45) is -0.310. The van der Waals surface area contributed by atoms with Crippen LogP contribution < -0.4 is 0 Å². The van der Waals surface area contributed by atoms with Crippen molar-refractivity contribution in [1.29, 1.82) is 0 Å². The summed E-state index contributed by atoms with van der Waals surface area (Å²) < 4.78 is 28.6. The molecule has 5 heteroatoms. The summed E-state index contributed by atoms with van der Waals surface area (Å²) >= 11 is 0. The molecule has 0 radical (unpaired) electrons. The Labute approximate surface area is 102 Å². The van der Waals surface area contributed by atoms with Crippen molar-refractivity contribution in [3.63, 3.8) is 0 Å². The van der Waals surface area contributed by atoms with Gasteiger partial charge in [0.25, 0.3) is 0 Å². The zero-order chi connectivity index (χ0) is 13.1. The predicted octanol–water partition coefficient (Wildman–Crippen LogP) is 1.72. The molecule has 1 aromatic rings. The average Bonchev–Trinajstić information content (AvgIpc) is 2.15. The first-order valence-electron chi connectivity index (χ1n) is 5.30. The Balaban J connectivity index is 2.86. The van der Waals surface area contributed by atoms with E-state index >= 15 is 0 Å². The molecule has 0 atom stereocenters. The Bertz CT molecular complexity index is 503. The zero-order valence-corrected chi connectivity index (χ0v) is 11.0. The molecular formula is C12H16O4S. The maximum Gasteiger partial charge on any atom is 0.321 e. The van der Waals surface area contributed by atoms with Crippen molar-refractivity contribution in [1.82, 2.24) is 0 Å². The van der Waals surface area contributed by atoms with Crippen molar-refractivity contribution in [3.8, 4) is 0 Å². The Morgan fingerprint density at radius 3 is 2.53 bits per heavy atom. The van der Waals surface area contributed by atoms with Crippen molar-refractivity contribution in [2.45, 2.75) is 31.8 Å². The van der Waals surface area contributed by atoms with Gasteiger partial charge in [0, 0.05) is 0 Å². The molecule has 0 amide bonds. The first-order valence-corrected chi connectivity index (χ1v) is 6.95. The third-order valence-electron chi connectivity index (χ3n) is 2.02. The molecule has 1 aromatic carbocycles. The summed E-state index contributed by atoms with van der Waals surface area (Å²) in [5, 5.41) is 0. The van der Waals surface area contributed by atoms with E-state index < -0.39 is 21.6 Å². The van der Waals surface area contributed by atoms with Crippen LogP contribution in [0.25, 0.3) is 0 Å². The summed E-state index contributed by atoms with van der Waals surface area (Å²) in [6, 6.07) is 6.46. The van der Waals surface area contributed by atoms with Crippen LogP contribution in [0.3, 0.4) is 0 Å². The second kappa shape index (κ2) is 5.31. The van der Waals surface area contributed by atoms with Crippen LogP contribution >= 0.6 is 0 Å². The van der Waals surface area contributed by atoms with Gasteiger partial charge >= 0.3 is 5.97 Å². The monoisotopic (exact) mass is 256 g/mol. The highest BCUT2D eigenvalue weighted by Crippen LogP contribution is 2.13. The van der Waals surface area contributed by atoms with E-state index in [9.17, 15) is 13.2 Å². The van der Waals surface area contributed by atoms with E-state index in [2.05, 4.69) is 0 Å². The van der Waals surface area contributed by atoms with Gasteiger partial charge in [0.15, 0.2) is 15.6 Å². The van der Waals surface area contributed by atoms with E-state index in [1.165, 1.54) is 12.1 Å². The van der Waals surface area contributed by atoms with Gasteiger partial charge in [-0.3, -0.25) is 4.79 Å². The third kappa shape index (κ3) is 4.19.